The van der Waals surface area contributed by atoms with Crippen LogP contribution in [-0.4, -0.2) is 32.5 Å². The Bertz CT molecular complexity index is 477. The van der Waals surface area contributed by atoms with E-state index in [1.54, 1.807) is 0 Å². The molecule has 98 valence electrons. The summed E-state index contributed by atoms with van der Waals surface area (Å²) in [5, 5.41) is 0. The van der Waals surface area contributed by atoms with Crippen molar-refractivity contribution < 1.29 is 14.3 Å². The summed E-state index contributed by atoms with van der Waals surface area (Å²) in [5.41, 5.74) is 5.98. The topological polar surface area (TPSA) is 101 Å². The van der Waals surface area contributed by atoms with Crippen molar-refractivity contribution in [1.82, 2.24) is 14.9 Å². The minimum Gasteiger partial charge on any atom is -0.444 e. The molecule has 3 N–H and O–H groups in total. The first-order chi connectivity index (χ1) is 8.26. The molecular formula is C11H16N4O3. The fraction of sp³-hybridized carbons (Fsp3) is 0.545. The van der Waals surface area contributed by atoms with E-state index in [1.165, 1.54) is 4.90 Å². The number of ether oxygens (including phenoxy) is 1. The van der Waals surface area contributed by atoms with Crippen LogP contribution in [0.2, 0.25) is 0 Å². The van der Waals surface area contributed by atoms with E-state index in [-0.39, 0.29) is 5.82 Å². The van der Waals surface area contributed by atoms with Crippen LogP contribution >= 0.6 is 0 Å². The first-order valence-electron chi connectivity index (χ1n) is 5.62. The van der Waals surface area contributed by atoms with Crippen LogP contribution in [0.5, 0.6) is 0 Å². The molecule has 7 heteroatoms. The van der Waals surface area contributed by atoms with Crippen molar-refractivity contribution in [2.75, 3.05) is 0 Å². The summed E-state index contributed by atoms with van der Waals surface area (Å²) in [6.07, 6.45) is -0.394. The SMILES string of the molecule is CC(C)(C)OC(=O)N1Cc2nc(C(N)=O)[nH]c2C1. The molecule has 7 nitrogen and oxygen atoms in total. The second kappa shape index (κ2) is 4.01. The van der Waals surface area contributed by atoms with Crippen molar-refractivity contribution in [2.24, 2.45) is 5.73 Å². The lowest BCUT2D eigenvalue weighted by molar-refractivity contribution is 0.0238. The summed E-state index contributed by atoms with van der Waals surface area (Å²) in [4.78, 5) is 31.1. The van der Waals surface area contributed by atoms with Crippen LogP contribution in [0.15, 0.2) is 0 Å². The van der Waals surface area contributed by atoms with Crippen LogP contribution in [0, 0.1) is 0 Å². The van der Waals surface area contributed by atoms with Gasteiger partial charge in [-0.3, -0.25) is 9.69 Å². The Morgan fingerprint density at radius 2 is 2.06 bits per heavy atom. The highest BCUT2D eigenvalue weighted by Crippen LogP contribution is 2.22. The van der Waals surface area contributed by atoms with Gasteiger partial charge in [0.05, 0.1) is 24.5 Å². The van der Waals surface area contributed by atoms with Gasteiger partial charge in [-0.1, -0.05) is 0 Å². The van der Waals surface area contributed by atoms with E-state index < -0.39 is 17.6 Å². The first kappa shape index (κ1) is 12.4. The number of carbonyl (C=O) groups excluding carboxylic acids is 2. The molecule has 2 heterocycles. The van der Waals surface area contributed by atoms with Crippen LogP contribution in [0.1, 0.15) is 42.8 Å². The molecular weight excluding hydrogens is 236 g/mol. The maximum Gasteiger partial charge on any atom is 0.410 e. The number of aromatic nitrogens is 2. The Labute approximate surface area is 104 Å². The number of carbonyl (C=O) groups is 2. The van der Waals surface area contributed by atoms with E-state index in [0.29, 0.717) is 18.8 Å². The van der Waals surface area contributed by atoms with Crippen LogP contribution in [-0.2, 0) is 17.8 Å². The number of imidazole rings is 1. The number of nitrogens with one attached hydrogen (secondary N) is 1. The van der Waals surface area contributed by atoms with E-state index >= 15 is 0 Å². The minimum absolute atomic E-state index is 0.129. The predicted octanol–water partition coefficient (Wildman–Crippen LogP) is 0.759. The van der Waals surface area contributed by atoms with Crippen molar-refractivity contribution in [3.8, 4) is 0 Å². The zero-order valence-electron chi connectivity index (χ0n) is 10.6. The van der Waals surface area contributed by atoms with Crippen molar-refractivity contribution in [3.63, 3.8) is 0 Å². The second-order valence-corrected chi connectivity index (χ2v) is 5.21. The zero-order valence-corrected chi connectivity index (χ0v) is 10.6. The van der Waals surface area contributed by atoms with Gasteiger partial charge in [0, 0.05) is 0 Å². The van der Waals surface area contributed by atoms with Gasteiger partial charge in [-0.2, -0.15) is 0 Å². The zero-order chi connectivity index (χ0) is 13.5. The molecule has 0 aromatic carbocycles. The minimum atomic E-state index is -0.604. The standard InChI is InChI=1S/C11H16N4O3/c1-11(2,3)18-10(17)15-4-6-7(5-15)14-9(13-6)8(12)16/h4-5H2,1-3H3,(H2,12,16)(H,13,14). The molecule has 1 aliphatic rings. The molecule has 0 spiro atoms. The van der Waals surface area contributed by atoms with Gasteiger partial charge in [-0.05, 0) is 20.8 Å². The number of hydrogen-bond donors (Lipinski definition) is 2. The van der Waals surface area contributed by atoms with Crippen LogP contribution in [0.25, 0.3) is 0 Å². The number of fused-ring (bicyclic) bond motifs is 1. The van der Waals surface area contributed by atoms with Crippen LogP contribution in [0.3, 0.4) is 0 Å². The molecule has 0 fully saturated rings. The van der Waals surface area contributed by atoms with Crippen molar-refractivity contribution in [2.45, 2.75) is 39.5 Å². The fourth-order valence-corrected chi connectivity index (χ4v) is 1.71. The maximum atomic E-state index is 11.8. The van der Waals surface area contributed by atoms with E-state index in [1.807, 2.05) is 20.8 Å². The summed E-state index contributed by atoms with van der Waals surface area (Å²) >= 11 is 0. The number of aromatic amines is 1. The lowest BCUT2D eigenvalue weighted by Crippen LogP contribution is -2.33. The van der Waals surface area contributed by atoms with Gasteiger partial charge < -0.3 is 15.5 Å². The average molecular weight is 252 g/mol. The van der Waals surface area contributed by atoms with Gasteiger partial charge in [0.2, 0.25) is 0 Å². The number of nitrogens with zero attached hydrogens (tertiary/aromatic N) is 2. The summed E-state index contributed by atoms with van der Waals surface area (Å²) < 4.78 is 5.25. The number of rotatable bonds is 1. The summed E-state index contributed by atoms with van der Waals surface area (Å²) in [6, 6.07) is 0. The Balaban J connectivity index is 2.04. The Morgan fingerprint density at radius 3 is 2.56 bits per heavy atom. The molecule has 0 unspecified atom stereocenters. The van der Waals surface area contributed by atoms with E-state index in [0.717, 1.165) is 5.69 Å². The van der Waals surface area contributed by atoms with Crippen LogP contribution in [0.4, 0.5) is 4.79 Å². The molecule has 0 bridgehead atoms. The van der Waals surface area contributed by atoms with E-state index in [9.17, 15) is 9.59 Å². The van der Waals surface area contributed by atoms with Gasteiger partial charge >= 0.3 is 6.09 Å². The highest BCUT2D eigenvalue weighted by atomic mass is 16.6. The number of amides is 2. The highest BCUT2D eigenvalue weighted by molar-refractivity contribution is 5.89. The smallest absolute Gasteiger partial charge is 0.410 e. The number of hydrogen-bond acceptors (Lipinski definition) is 4. The molecule has 2 rings (SSSR count). The predicted molar refractivity (Wildman–Crippen MR) is 62.6 cm³/mol. The summed E-state index contributed by atoms with van der Waals surface area (Å²) in [7, 11) is 0. The van der Waals surface area contributed by atoms with Crippen molar-refractivity contribution in [3.05, 3.63) is 17.2 Å². The third-order valence-corrected chi connectivity index (χ3v) is 2.44. The molecule has 0 saturated carbocycles. The third-order valence-electron chi connectivity index (χ3n) is 2.44. The molecule has 1 aromatic rings. The Hall–Kier alpha value is -2.05. The van der Waals surface area contributed by atoms with E-state index in [2.05, 4.69) is 9.97 Å². The lowest BCUT2D eigenvalue weighted by Gasteiger charge is -2.24. The molecule has 0 aliphatic carbocycles. The molecule has 0 radical (unpaired) electrons. The Morgan fingerprint density at radius 1 is 1.39 bits per heavy atom. The maximum absolute atomic E-state index is 11.8. The Kier molecular flexibility index (Phi) is 2.76. The number of primary amides is 1. The molecule has 18 heavy (non-hydrogen) atoms. The monoisotopic (exact) mass is 252 g/mol. The third kappa shape index (κ3) is 2.44. The van der Waals surface area contributed by atoms with Crippen molar-refractivity contribution in [1.29, 1.82) is 0 Å². The van der Waals surface area contributed by atoms with Gasteiger partial charge in [-0.25, -0.2) is 9.78 Å². The van der Waals surface area contributed by atoms with Gasteiger partial charge in [0.15, 0.2) is 5.82 Å². The number of nitrogens with two attached hydrogens (primary N) is 1. The highest BCUT2D eigenvalue weighted by Gasteiger charge is 2.30. The molecule has 0 saturated heterocycles. The largest absolute Gasteiger partial charge is 0.444 e. The van der Waals surface area contributed by atoms with Crippen LogP contribution < -0.4 is 5.73 Å². The number of H-pyrrole nitrogens is 1. The molecule has 1 aliphatic heterocycles. The first-order valence-corrected chi connectivity index (χ1v) is 5.62. The van der Waals surface area contributed by atoms with Gasteiger partial charge in [0.25, 0.3) is 5.91 Å². The van der Waals surface area contributed by atoms with Crippen molar-refractivity contribution >= 4 is 12.0 Å². The molecule has 1 aromatic heterocycles. The summed E-state index contributed by atoms with van der Waals surface area (Å²) in [6.45, 7) is 6.11. The summed E-state index contributed by atoms with van der Waals surface area (Å²) in [5.74, 6) is -0.475. The fourth-order valence-electron chi connectivity index (χ4n) is 1.71. The normalized spacial score (nSPS) is 14.5. The lowest BCUT2D eigenvalue weighted by atomic mass is 10.2. The molecule has 0 atom stereocenters. The molecule has 2 amide bonds. The van der Waals surface area contributed by atoms with E-state index in [4.69, 9.17) is 10.5 Å². The van der Waals surface area contributed by atoms with Gasteiger partial charge in [0.1, 0.15) is 5.60 Å². The average Bonchev–Trinajstić information content (AvgIpc) is 2.69. The van der Waals surface area contributed by atoms with Gasteiger partial charge in [-0.15, -0.1) is 0 Å². The quantitative estimate of drug-likeness (QED) is 0.770. The second-order valence-electron chi connectivity index (χ2n) is 5.21.